The zero-order valence-corrected chi connectivity index (χ0v) is 15.0. The number of allylic oxidation sites excluding steroid dienone is 1. The zero-order chi connectivity index (χ0) is 19.6. The van der Waals surface area contributed by atoms with Crippen molar-refractivity contribution in [3.8, 4) is 0 Å². The number of hydrogen-bond acceptors (Lipinski definition) is 5. The summed E-state index contributed by atoms with van der Waals surface area (Å²) < 4.78 is 44.5. The summed E-state index contributed by atoms with van der Waals surface area (Å²) in [6.07, 6.45) is -4.04. The van der Waals surface area contributed by atoms with Crippen LogP contribution in [-0.4, -0.2) is 24.7 Å². The molecule has 0 fully saturated rings. The first-order valence-corrected chi connectivity index (χ1v) is 8.47. The van der Waals surface area contributed by atoms with Gasteiger partial charge in [-0.15, -0.1) is 0 Å². The van der Waals surface area contributed by atoms with Gasteiger partial charge in [-0.1, -0.05) is 18.2 Å². The zero-order valence-electron chi connectivity index (χ0n) is 15.0. The number of hydrogen-bond donors (Lipinski definition) is 3. The third-order valence-corrected chi connectivity index (χ3v) is 4.29. The number of benzene rings is 1. The summed E-state index contributed by atoms with van der Waals surface area (Å²) in [5.74, 6) is 0.534. The molecule has 0 saturated heterocycles. The van der Waals surface area contributed by atoms with Crippen molar-refractivity contribution in [2.45, 2.75) is 25.6 Å². The molecule has 3 rings (SSSR count). The van der Waals surface area contributed by atoms with E-state index in [1.807, 2.05) is 24.3 Å². The summed E-state index contributed by atoms with van der Waals surface area (Å²) in [5.41, 5.74) is 8.35. The van der Waals surface area contributed by atoms with Crippen molar-refractivity contribution in [1.29, 1.82) is 0 Å². The Balaban J connectivity index is 2.03. The van der Waals surface area contributed by atoms with Crippen LogP contribution in [0, 0.1) is 0 Å². The first-order valence-electron chi connectivity index (χ1n) is 8.47. The second-order valence-corrected chi connectivity index (χ2v) is 6.44. The number of nitrogens with two attached hydrogens (primary N) is 1. The van der Waals surface area contributed by atoms with Crippen molar-refractivity contribution in [3.05, 3.63) is 59.0 Å². The highest BCUT2D eigenvalue weighted by Crippen LogP contribution is 2.36. The summed E-state index contributed by atoms with van der Waals surface area (Å²) in [4.78, 5) is 3.82. The topological polar surface area (TPSA) is 72.2 Å². The minimum Gasteiger partial charge on any atom is -0.385 e. The van der Waals surface area contributed by atoms with Crippen LogP contribution in [0.2, 0.25) is 0 Å². The fourth-order valence-electron chi connectivity index (χ4n) is 3.04. The molecule has 0 bridgehead atoms. The predicted octanol–water partition coefficient (Wildman–Crippen LogP) is 3.84. The van der Waals surface area contributed by atoms with Crippen LogP contribution in [0.25, 0.3) is 5.57 Å². The van der Waals surface area contributed by atoms with Crippen molar-refractivity contribution in [1.82, 2.24) is 4.98 Å². The van der Waals surface area contributed by atoms with Gasteiger partial charge in [0.25, 0.3) is 0 Å². The van der Waals surface area contributed by atoms with Crippen molar-refractivity contribution in [2.75, 3.05) is 24.4 Å². The van der Waals surface area contributed by atoms with E-state index in [9.17, 15) is 13.2 Å². The largest absolute Gasteiger partial charge is 0.433 e. The summed E-state index contributed by atoms with van der Waals surface area (Å²) in [7, 11) is 1.53. The molecule has 8 heteroatoms. The molecule has 0 spiro atoms. The lowest BCUT2D eigenvalue weighted by Crippen LogP contribution is -2.25. The average Bonchev–Trinajstić information content (AvgIpc) is 2.60. The van der Waals surface area contributed by atoms with E-state index in [2.05, 4.69) is 15.6 Å². The van der Waals surface area contributed by atoms with Crippen molar-refractivity contribution < 1.29 is 17.9 Å². The smallest absolute Gasteiger partial charge is 0.385 e. The predicted molar refractivity (Wildman–Crippen MR) is 99.1 cm³/mol. The van der Waals surface area contributed by atoms with Gasteiger partial charge in [-0.3, -0.25) is 0 Å². The van der Waals surface area contributed by atoms with Crippen LogP contribution in [0.3, 0.4) is 0 Å². The molecule has 5 nitrogen and oxygen atoms in total. The SMILES string of the molecule is COCC(C)Nc1nc(C(F)(F)F)ccc1C1=C(N)Nc2ccccc2C1. The fourth-order valence-corrected chi connectivity index (χ4v) is 3.04. The highest BCUT2D eigenvalue weighted by atomic mass is 19.4. The Kier molecular flexibility index (Phi) is 5.27. The third-order valence-electron chi connectivity index (χ3n) is 4.29. The van der Waals surface area contributed by atoms with Crippen molar-refractivity contribution in [3.63, 3.8) is 0 Å². The molecule has 27 heavy (non-hydrogen) atoms. The van der Waals surface area contributed by atoms with Gasteiger partial charge in [0.05, 0.1) is 6.61 Å². The van der Waals surface area contributed by atoms with Crippen LogP contribution in [0.4, 0.5) is 24.7 Å². The molecule has 0 radical (unpaired) electrons. The Morgan fingerprint density at radius 3 is 2.70 bits per heavy atom. The Morgan fingerprint density at radius 2 is 2.00 bits per heavy atom. The minimum atomic E-state index is -4.53. The second kappa shape index (κ2) is 7.48. The van der Waals surface area contributed by atoms with E-state index in [-0.39, 0.29) is 11.9 Å². The van der Waals surface area contributed by atoms with Gasteiger partial charge in [0.15, 0.2) is 0 Å². The number of para-hydroxylation sites is 1. The summed E-state index contributed by atoms with van der Waals surface area (Å²) in [6, 6.07) is 9.82. The van der Waals surface area contributed by atoms with Gasteiger partial charge < -0.3 is 21.1 Å². The van der Waals surface area contributed by atoms with Gasteiger partial charge >= 0.3 is 6.18 Å². The van der Waals surface area contributed by atoms with Gasteiger partial charge in [-0.25, -0.2) is 4.98 Å². The molecule has 2 heterocycles. The molecule has 0 amide bonds. The Hall–Kier alpha value is -2.74. The standard InChI is InChI=1S/C19H21F3N4O/c1-11(10-27-2)24-18-13(7-8-16(26-18)19(20,21)22)14-9-12-5-3-4-6-15(12)25-17(14)23/h3-8,11,25H,9-10,23H2,1-2H3,(H,24,26). The van der Waals surface area contributed by atoms with E-state index in [4.69, 9.17) is 10.5 Å². The molecular weight excluding hydrogens is 357 g/mol. The highest BCUT2D eigenvalue weighted by molar-refractivity contribution is 5.83. The van der Waals surface area contributed by atoms with Crippen LogP contribution in [0.15, 0.2) is 42.2 Å². The highest BCUT2D eigenvalue weighted by Gasteiger charge is 2.33. The van der Waals surface area contributed by atoms with Gasteiger partial charge in [0, 0.05) is 36.4 Å². The molecule has 0 saturated carbocycles. The number of pyridine rings is 1. The summed E-state index contributed by atoms with van der Waals surface area (Å²) in [6.45, 7) is 2.13. The number of nitrogens with zero attached hydrogens (tertiary/aromatic N) is 1. The lowest BCUT2D eigenvalue weighted by atomic mass is 9.94. The minimum absolute atomic E-state index is 0.133. The number of fused-ring (bicyclic) bond motifs is 1. The van der Waals surface area contributed by atoms with Gasteiger partial charge in [0.1, 0.15) is 17.3 Å². The van der Waals surface area contributed by atoms with Crippen molar-refractivity contribution in [2.24, 2.45) is 5.73 Å². The average molecular weight is 378 g/mol. The number of ether oxygens (including phenoxy) is 1. The molecule has 2 aromatic rings. The third kappa shape index (κ3) is 4.16. The molecule has 1 aromatic carbocycles. The van der Waals surface area contributed by atoms with Crippen LogP contribution >= 0.6 is 0 Å². The number of nitrogens with one attached hydrogen (secondary N) is 2. The summed E-state index contributed by atoms with van der Waals surface area (Å²) in [5, 5.41) is 6.13. The van der Waals surface area contributed by atoms with Gasteiger partial charge in [-0.2, -0.15) is 13.2 Å². The Bertz CT molecular complexity index is 864. The van der Waals surface area contributed by atoms with Gasteiger partial charge in [-0.05, 0) is 30.7 Å². The number of methoxy groups -OCH3 is 1. The van der Waals surface area contributed by atoms with Crippen LogP contribution in [0.5, 0.6) is 0 Å². The molecule has 4 N–H and O–H groups in total. The maximum Gasteiger partial charge on any atom is 0.433 e. The van der Waals surface area contributed by atoms with Crippen molar-refractivity contribution >= 4 is 17.1 Å². The molecule has 1 unspecified atom stereocenters. The van der Waals surface area contributed by atoms with E-state index in [1.54, 1.807) is 6.92 Å². The number of halogens is 3. The summed E-state index contributed by atoms with van der Waals surface area (Å²) >= 11 is 0. The quantitative estimate of drug-likeness (QED) is 0.737. The first kappa shape index (κ1) is 19.0. The van der Waals surface area contributed by atoms with E-state index < -0.39 is 11.9 Å². The molecule has 0 aliphatic carbocycles. The molecule has 1 atom stereocenters. The first-order chi connectivity index (χ1) is 12.8. The van der Waals surface area contributed by atoms with E-state index >= 15 is 0 Å². The van der Waals surface area contributed by atoms with E-state index in [0.717, 1.165) is 17.3 Å². The van der Waals surface area contributed by atoms with Crippen LogP contribution in [0.1, 0.15) is 23.7 Å². The molecular formula is C19H21F3N4O. The molecule has 1 aliphatic heterocycles. The number of alkyl halides is 3. The van der Waals surface area contributed by atoms with Gasteiger partial charge in [0.2, 0.25) is 0 Å². The normalized spacial score (nSPS) is 15.1. The molecule has 1 aliphatic rings. The monoisotopic (exact) mass is 378 g/mol. The Morgan fingerprint density at radius 1 is 1.26 bits per heavy atom. The van der Waals surface area contributed by atoms with E-state index in [0.29, 0.717) is 30.0 Å². The Labute approximate surface area is 155 Å². The van der Waals surface area contributed by atoms with Crippen LogP contribution < -0.4 is 16.4 Å². The second-order valence-electron chi connectivity index (χ2n) is 6.44. The maximum atomic E-state index is 13.1. The lowest BCUT2D eigenvalue weighted by molar-refractivity contribution is -0.141. The fraction of sp³-hybridized carbons (Fsp3) is 0.316. The van der Waals surface area contributed by atoms with Crippen LogP contribution in [-0.2, 0) is 17.3 Å². The molecule has 1 aromatic heterocycles. The lowest BCUT2D eigenvalue weighted by Gasteiger charge is -2.25. The number of anilines is 2. The van der Waals surface area contributed by atoms with E-state index in [1.165, 1.54) is 13.2 Å². The number of rotatable bonds is 5. The maximum absolute atomic E-state index is 13.1. The number of aromatic nitrogens is 1. The molecule has 144 valence electrons.